The summed E-state index contributed by atoms with van der Waals surface area (Å²) in [6, 6.07) is 10.1. The summed E-state index contributed by atoms with van der Waals surface area (Å²) in [5.74, 6) is -0.924. The van der Waals surface area contributed by atoms with Gasteiger partial charge >= 0.3 is 0 Å². The van der Waals surface area contributed by atoms with Crippen LogP contribution in [0, 0.1) is 5.82 Å². The molecule has 0 saturated heterocycles. The number of amides is 1. The number of halogens is 3. The molecule has 0 atom stereocenters. The average molecular weight is 324 g/mol. The third-order valence-electron chi connectivity index (χ3n) is 2.97. The van der Waals surface area contributed by atoms with Crippen LogP contribution in [0.1, 0.15) is 12.0 Å². The van der Waals surface area contributed by atoms with E-state index in [1.54, 1.807) is 24.3 Å². The molecular weight excluding hydrogens is 316 g/mol. The fraction of sp³-hybridized carbons (Fsp3) is 0.0714. The van der Waals surface area contributed by atoms with Crippen molar-refractivity contribution in [3.05, 3.63) is 58.1 Å². The second-order valence-electron chi connectivity index (χ2n) is 4.36. The van der Waals surface area contributed by atoms with E-state index >= 15 is 0 Å². The maximum Gasteiger partial charge on any atom is 0.253 e. The number of rotatable bonds is 2. The summed E-state index contributed by atoms with van der Waals surface area (Å²) in [4.78, 5) is 15.7. The van der Waals surface area contributed by atoms with E-state index in [0.29, 0.717) is 11.4 Å². The molecule has 7 heteroatoms. The van der Waals surface area contributed by atoms with Gasteiger partial charge in [0.25, 0.3) is 5.91 Å². The summed E-state index contributed by atoms with van der Waals surface area (Å²) in [5.41, 5.74) is 1.26. The lowest BCUT2D eigenvalue weighted by molar-refractivity contribution is -0.116. The Morgan fingerprint density at radius 3 is 2.57 bits per heavy atom. The number of carbonyl (C=O) groups excluding carboxylic acids is 1. The highest BCUT2D eigenvalue weighted by Crippen LogP contribution is 2.27. The van der Waals surface area contributed by atoms with E-state index in [9.17, 15) is 9.18 Å². The van der Waals surface area contributed by atoms with E-state index in [4.69, 9.17) is 23.2 Å². The molecule has 0 N–H and O–H groups in total. The lowest BCUT2D eigenvalue weighted by atomic mass is 10.1. The van der Waals surface area contributed by atoms with Crippen LogP contribution in [0.2, 0.25) is 10.3 Å². The first kappa shape index (κ1) is 14.0. The normalized spacial score (nSPS) is 14.5. The molecule has 0 unspecified atom stereocenters. The zero-order valence-corrected chi connectivity index (χ0v) is 12.1. The van der Waals surface area contributed by atoms with Gasteiger partial charge in [0, 0.05) is 5.56 Å². The summed E-state index contributed by atoms with van der Waals surface area (Å²) in [5, 5.41) is 5.17. The fourth-order valence-corrected chi connectivity index (χ4v) is 2.43. The molecule has 21 heavy (non-hydrogen) atoms. The molecule has 0 aliphatic carbocycles. The highest BCUT2D eigenvalue weighted by molar-refractivity contribution is 6.36. The van der Waals surface area contributed by atoms with Gasteiger partial charge in [-0.25, -0.2) is 14.4 Å². The highest BCUT2D eigenvalue weighted by atomic mass is 35.5. The number of benzene rings is 1. The molecule has 106 valence electrons. The van der Waals surface area contributed by atoms with Gasteiger partial charge in [-0.15, -0.1) is 0 Å². The minimum atomic E-state index is -0.704. The Balaban J connectivity index is 2.01. The van der Waals surface area contributed by atoms with Crippen LogP contribution in [0.25, 0.3) is 0 Å². The summed E-state index contributed by atoms with van der Waals surface area (Å²) >= 11 is 11.5. The Bertz CT molecular complexity index is 749. The monoisotopic (exact) mass is 323 g/mol. The first-order valence-corrected chi connectivity index (χ1v) is 6.79. The van der Waals surface area contributed by atoms with E-state index in [-0.39, 0.29) is 28.2 Å². The highest BCUT2D eigenvalue weighted by Gasteiger charge is 2.28. The van der Waals surface area contributed by atoms with Crippen molar-refractivity contribution in [2.45, 2.75) is 6.42 Å². The van der Waals surface area contributed by atoms with Crippen molar-refractivity contribution in [3.63, 3.8) is 0 Å². The van der Waals surface area contributed by atoms with Crippen LogP contribution in [0.15, 0.2) is 41.5 Å². The van der Waals surface area contributed by atoms with Crippen LogP contribution in [-0.4, -0.2) is 16.6 Å². The van der Waals surface area contributed by atoms with Gasteiger partial charge in [0.2, 0.25) is 0 Å². The van der Waals surface area contributed by atoms with Crippen molar-refractivity contribution >= 4 is 40.5 Å². The molecule has 0 saturated carbocycles. The largest absolute Gasteiger partial charge is 0.272 e. The summed E-state index contributed by atoms with van der Waals surface area (Å²) in [6.07, 6.45) is 0.0252. The SMILES string of the molecule is O=C1CC(c2cc(F)c(Cl)nc2Cl)=NN1c1ccccc1. The molecule has 2 aromatic rings. The van der Waals surface area contributed by atoms with E-state index in [1.807, 2.05) is 6.07 Å². The van der Waals surface area contributed by atoms with E-state index < -0.39 is 5.82 Å². The zero-order valence-electron chi connectivity index (χ0n) is 10.6. The van der Waals surface area contributed by atoms with E-state index in [1.165, 1.54) is 5.01 Å². The van der Waals surface area contributed by atoms with Gasteiger partial charge in [-0.05, 0) is 18.2 Å². The van der Waals surface area contributed by atoms with Crippen molar-refractivity contribution in [1.82, 2.24) is 4.98 Å². The maximum absolute atomic E-state index is 13.5. The number of aromatic nitrogens is 1. The van der Waals surface area contributed by atoms with Gasteiger partial charge in [-0.2, -0.15) is 5.10 Å². The summed E-state index contributed by atoms with van der Waals surface area (Å²) in [7, 11) is 0. The quantitative estimate of drug-likeness (QED) is 0.791. The molecular formula is C14H8Cl2FN3O. The molecule has 4 nitrogen and oxygen atoms in total. The topological polar surface area (TPSA) is 45.6 Å². The average Bonchev–Trinajstić information content (AvgIpc) is 2.85. The van der Waals surface area contributed by atoms with Crippen molar-refractivity contribution in [3.8, 4) is 0 Å². The number of hydrogen-bond donors (Lipinski definition) is 0. The van der Waals surface area contributed by atoms with Gasteiger partial charge in [-0.1, -0.05) is 41.4 Å². The number of hydrogen-bond acceptors (Lipinski definition) is 3. The molecule has 1 aliphatic rings. The minimum Gasteiger partial charge on any atom is -0.272 e. The molecule has 0 radical (unpaired) electrons. The first-order chi connectivity index (χ1) is 10.1. The Morgan fingerprint density at radius 1 is 1.14 bits per heavy atom. The first-order valence-electron chi connectivity index (χ1n) is 6.03. The predicted octanol–water partition coefficient (Wildman–Crippen LogP) is 3.67. The Kier molecular flexibility index (Phi) is 3.61. The second-order valence-corrected chi connectivity index (χ2v) is 5.08. The minimum absolute atomic E-state index is 0.0165. The van der Waals surface area contributed by atoms with Crippen molar-refractivity contribution in [2.75, 3.05) is 5.01 Å². The van der Waals surface area contributed by atoms with Crippen LogP contribution >= 0.6 is 23.2 Å². The van der Waals surface area contributed by atoms with Gasteiger partial charge in [0.1, 0.15) is 5.15 Å². The number of anilines is 1. The van der Waals surface area contributed by atoms with Gasteiger partial charge in [0.15, 0.2) is 11.0 Å². The molecule has 0 bridgehead atoms. The Hall–Kier alpha value is -1.98. The smallest absolute Gasteiger partial charge is 0.253 e. The van der Waals surface area contributed by atoms with Gasteiger partial charge in [-0.3, -0.25) is 4.79 Å². The Labute approximate surface area is 129 Å². The summed E-state index contributed by atoms with van der Waals surface area (Å²) in [6.45, 7) is 0. The van der Waals surface area contributed by atoms with Gasteiger partial charge in [0.05, 0.1) is 17.8 Å². The third kappa shape index (κ3) is 2.62. The van der Waals surface area contributed by atoms with Crippen molar-refractivity contribution < 1.29 is 9.18 Å². The third-order valence-corrected chi connectivity index (χ3v) is 3.53. The molecule has 1 aromatic carbocycles. The standard InChI is InChI=1S/C14H8Cl2FN3O/c15-13-9(6-10(17)14(16)18-13)11-7-12(21)20(19-11)8-4-2-1-3-5-8/h1-6H,7H2. The number of pyridine rings is 1. The predicted molar refractivity (Wildman–Crippen MR) is 79.3 cm³/mol. The number of para-hydroxylation sites is 1. The second kappa shape index (κ2) is 5.42. The van der Waals surface area contributed by atoms with Crippen molar-refractivity contribution in [1.29, 1.82) is 0 Å². The molecule has 1 aliphatic heterocycles. The van der Waals surface area contributed by atoms with E-state index in [0.717, 1.165) is 6.07 Å². The van der Waals surface area contributed by atoms with Crippen LogP contribution in [0.3, 0.4) is 0 Å². The lowest BCUT2D eigenvalue weighted by Crippen LogP contribution is -2.19. The maximum atomic E-state index is 13.5. The van der Waals surface area contributed by atoms with Crippen LogP contribution < -0.4 is 5.01 Å². The molecule has 2 heterocycles. The summed E-state index contributed by atoms with van der Waals surface area (Å²) < 4.78 is 13.5. The van der Waals surface area contributed by atoms with Crippen LogP contribution in [0.4, 0.5) is 10.1 Å². The zero-order chi connectivity index (χ0) is 15.0. The van der Waals surface area contributed by atoms with Crippen LogP contribution in [-0.2, 0) is 4.79 Å². The molecule has 1 amide bonds. The molecule has 3 rings (SSSR count). The number of nitrogens with zero attached hydrogens (tertiary/aromatic N) is 3. The van der Waals surface area contributed by atoms with Crippen molar-refractivity contribution in [2.24, 2.45) is 5.10 Å². The molecule has 0 spiro atoms. The Morgan fingerprint density at radius 2 is 1.86 bits per heavy atom. The van der Waals surface area contributed by atoms with E-state index in [2.05, 4.69) is 10.1 Å². The lowest BCUT2D eigenvalue weighted by Gasteiger charge is -2.10. The molecule has 1 aromatic heterocycles. The fourth-order valence-electron chi connectivity index (χ4n) is 2.00. The molecule has 0 fully saturated rings. The van der Waals surface area contributed by atoms with Crippen LogP contribution in [0.5, 0.6) is 0 Å². The van der Waals surface area contributed by atoms with Gasteiger partial charge < -0.3 is 0 Å². The number of carbonyl (C=O) groups is 1. The number of hydrazone groups is 1.